The number of nitrogens with zero attached hydrogens (tertiary/aromatic N) is 4. The van der Waals surface area contributed by atoms with Gasteiger partial charge in [0.25, 0.3) is 5.91 Å². The molecule has 0 bridgehead atoms. The number of H-pyrrole nitrogens is 1. The number of aromatic amines is 1. The van der Waals surface area contributed by atoms with Crippen LogP contribution in [0.1, 0.15) is 42.6 Å². The van der Waals surface area contributed by atoms with Gasteiger partial charge in [0.15, 0.2) is 5.69 Å². The van der Waals surface area contributed by atoms with E-state index in [2.05, 4.69) is 25.5 Å². The third kappa shape index (κ3) is 2.69. The normalized spacial score (nSPS) is 15.8. The summed E-state index contributed by atoms with van der Waals surface area (Å²) in [5.74, 6) is 0.512. The van der Waals surface area contributed by atoms with Gasteiger partial charge in [0.05, 0.1) is 11.7 Å². The number of imidazole rings is 1. The van der Waals surface area contributed by atoms with Crippen molar-refractivity contribution in [3.63, 3.8) is 0 Å². The SMILES string of the molecule is O=C(NC1CCCCC1)c1nc(-n2ccnc2)cc2cn[nH]c12. The zero-order valence-electron chi connectivity index (χ0n) is 12.7. The minimum absolute atomic E-state index is 0.145. The molecule has 0 aromatic carbocycles. The molecule has 1 aliphatic carbocycles. The van der Waals surface area contributed by atoms with Gasteiger partial charge < -0.3 is 5.32 Å². The van der Waals surface area contributed by atoms with Gasteiger partial charge in [-0.05, 0) is 18.9 Å². The number of carbonyl (C=O) groups is 1. The van der Waals surface area contributed by atoms with E-state index in [-0.39, 0.29) is 11.9 Å². The van der Waals surface area contributed by atoms with Crippen LogP contribution < -0.4 is 5.32 Å². The number of carbonyl (C=O) groups excluding carboxylic acids is 1. The first-order valence-corrected chi connectivity index (χ1v) is 7.94. The fraction of sp³-hybridized carbons (Fsp3) is 0.375. The first kappa shape index (κ1) is 13.9. The second-order valence-corrected chi connectivity index (χ2v) is 5.94. The zero-order chi connectivity index (χ0) is 15.6. The Morgan fingerprint density at radius 3 is 2.96 bits per heavy atom. The van der Waals surface area contributed by atoms with Gasteiger partial charge in [0, 0.05) is 23.8 Å². The van der Waals surface area contributed by atoms with Crippen molar-refractivity contribution < 1.29 is 4.79 Å². The molecule has 4 rings (SSSR count). The topological polar surface area (TPSA) is 88.5 Å². The molecule has 3 aromatic rings. The molecule has 2 N–H and O–H groups in total. The molecular formula is C16H18N6O. The van der Waals surface area contributed by atoms with Crippen LogP contribution in [0.3, 0.4) is 0 Å². The highest BCUT2D eigenvalue weighted by atomic mass is 16.2. The Morgan fingerprint density at radius 1 is 1.30 bits per heavy atom. The van der Waals surface area contributed by atoms with E-state index in [0.29, 0.717) is 17.0 Å². The lowest BCUT2D eigenvalue weighted by atomic mass is 9.95. The highest BCUT2D eigenvalue weighted by Crippen LogP contribution is 2.21. The average Bonchev–Trinajstić information content (AvgIpc) is 3.26. The number of hydrogen-bond donors (Lipinski definition) is 2. The Balaban J connectivity index is 1.69. The molecule has 0 aliphatic heterocycles. The summed E-state index contributed by atoms with van der Waals surface area (Å²) in [6.07, 6.45) is 12.5. The monoisotopic (exact) mass is 310 g/mol. The van der Waals surface area contributed by atoms with E-state index in [4.69, 9.17) is 0 Å². The van der Waals surface area contributed by atoms with Crippen LogP contribution in [0, 0.1) is 0 Å². The molecule has 23 heavy (non-hydrogen) atoms. The van der Waals surface area contributed by atoms with Crippen LogP contribution in [0.2, 0.25) is 0 Å². The van der Waals surface area contributed by atoms with Gasteiger partial charge in [-0.2, -0.15) is 5.10 Å². The lowest BCUT2D eigenvalue weighted by molar-refractivity contribution is 0.0924. The first-order chi connectivity index (χ1) is 11.3. The summed E-state index contributed by atoms with van der Waals surface area (Å²) in [6.45, 7) is 0. The van der Waals surface area contributed by atoms with Crippen LogP contribution >= 0.6 is 0 Å². The van der Waals surface area contributed by atoms with Gasteiger partial charge >= 0.3 is 0 Å². The molecule has 0 saturated heterocycles. The zero-order valence-corrected chi connectivity index (χ0v) is 12.7. The summed E-state index contributed by atoms with van der Waals surface area (Å²) in [4.78, 5) is 21.3. The van der Waals surface area contributed by atoms with E-state index < -0.39 is 0 Å². The van der Waals surface area contributed by atoms with Gasteiger partial charge in [-0.3, -0.25) is 14.5 Å². The molecule has 1 aliphatic rings. The number of hydrogen-bond acceptors (Lipinski definition) is 4. The third-order valence-corrected chi connectivity index (χ3v) is 4.34. The van der Waals surface area contributed by atoms with Crippen LogP contribution in [-0.2, 0) is 0 Å². The predicted molar refractivity (Wildman–Crippen MR) is 85.3 cm³/mol. The van der Waals surface area contributed by atoms with Crippen molar-refractivity contribution in [2.75, 3.05) is 0 Å². The number of rotatable bonds is 3. The summed E-state index contributed by atoms with van der Waals surface area (Å²) in [6, 6.07) is 2.13. The van der Waals surface area contributed by atoms with E-state index in [0.717, 1.165) is 18.2 Å². The van der Waals surface area contributed by atoms with Crippen molar-refractivity contribution in [1.82, 2.24) is 30.0 Å². The Bertz CT molecular complexity index is 816. The van der Waals surface area contributed by atoms with Gasteiger partial charge in [-0.25, -0.2) is 9.97 Å². The second-order valence-electron chi connectivity index (χ2n) is 5.94. The smallest absolute Gasteiger partial charge is 0.272 e. The number of aromatic nitrogens is 5. The van der Waals surface area contributed by atoms with E-state index in [1.54, 1.807) is 29.5 Å². The second kappa shape index (κ2) is 5.83. The molecule has 1 fully saturated rings. The van der Waals surface area contributed by atoms with Crippen molar-refractivity contribution in [2.45, 2.75) is 38.1 Å². The summed E-state index contributed by atoms with van der Waals surface area (Å²) < 4.78 is 1.78. The molecule has 3 heterocycles. The standard InChI is InChI=1S/C16H18N6O/c23-16(19-12-4-2-1-3-5-12)15-14-11(9-18-21-14)8-13(20-15)22-7-6-17-10-22/h6-10,12H,1-5H2,(H,18,21)(H,19,23). The molecule has 0 spiro atoms. The molecule has 0 unspecified atom stereocenters. The highest BCUT2D eigenvalue weighted by Gasteiger charge is 2.20. The maximum atomic E-state index is 12.7. The Kier molecular flexibility index (Phi) is 3.53. The van der Waals surface area contributed by atoms with Crippen molar-refractivity contribution in [3.8, 4) is 5.82 Å². The summed E-state index contributed by atoms with van der Waals surface area (Å²) in [5.41, 5.74) is 1.05. The van der Waals surface area contributed by atoms with Crippen LogP contribution in [0.5, 0.6) is 0 Å². The molecule has 7 heteroatoms. The summed E-state index contributed by atoms with van der Waals surface area (Å²) in [7, 11) is 0. The van der Waals surface area contributed by atoms with Crippen molar-refractivity contribution in [3.05, 3.63) is 36.7 Å². The third-order valence-electron chi connectivity index (χ3n) is 4.34. The number of amides is 1. The summed E-state index contributed by atoms with van der Waals surface area (Å²) >= 11 is 0. The Hall–Kier alpha value is -2.70. The fourth-order valence-corrected chi connectivity index (χ4v) is 3.13. The largest absolute Gasteiger partial charge is 0.348 e. The quantitative estimate of drug-likeness (QED) is 0.776. The molecule has 7 nitrogen and oxygen atoms in total. The minimum atomic E-state index is -0.145. The first-order valence-electron chi connectivity index (χ1n) is 7.94. The predicted octanol–water partition coefficient (Wildman–Crippen LogP) is 2.21. The molecule has 1 amide bonds. The highest BCUT2D eigenvalue weighted by molar-refractivity contribution is 6.04. The van der Waals surface area contributed by atoms with E-state index >= 15 is 0 Å². The maximum absolute atomic E-state index is 12.7. The fourth-order valence-electron chi connectivity index (χ4n) is 3.13. The van der Waals surface area contributed by atoms with Crippen LogP contribution in [-0.4, -0.2) is 36.7 Å². The van der Waals surface area contributed by atoms with Crippen molar-refractivity contribution in [2.24, 2.45) is 0 Å². The van der Waals surface area contributed by atoms with Gasteiger partial charge in [0.1, 0.15) is 12.1 Å². The van der Waals surface area contributed by atoms with E-state index in [1.807, 2.05) is 6.07 Å². The van der Waals surface area contributed by atoms with Gasteiger partial charge in [0.2, 0.25) is 0 Å². The van der Waals surface area contributed by atoms with Crippen LogP contribution in [0.4, 0.5) is 0 Å². The molecule has 0 atom stereocenters. The van der Waals surface area contributed by atoms with Crippen LogP contribution in [0.25, 0.3) is 16.7 Å². The van der Waals surface area contributed by atoms with Gasteiger partial charge in [-0.15, -0.1) is 0 Å². The average molecular weight is 310 g/mol. The molecule has 3 aromatic heterocycles. The number of nitrogens with one attached hydrogen (secondary N) is 2. The Morgan fingerprint density at radius 2 is 2.17 bits per heavy atom. The number of fused-ring (bicyclic) bond motifs is 1. The number of pyridine rings is 1. The van der Waals surface area contributed by atoms with E-state index in [9.17, 15) is 4.79 Å². The minimum Gasteiger partial charge on any atom is -0.348 e. The Labute approximate surface area is 133 Å². The van der Waals surface area contributed by atoms with Crippen molar-refractivity contribution >= 4 is 16.8 Å². The molecular weight excluding hydrogens is 292 g/mol. The molecule has 0 radical (unpaired) electrons. The molecule has 118 valence electrons. The lowest BCUT2D eigenvalue weighted by Crippen LogP contribution is -2.36. The lowest BCUT2D eigenvalue weighted by Gasteiger charge is -2.22. The van der Waals surface area contributed by atoms with Gasteiger partial charge in [-0.1, -0.05) is 19.3 Å². The molecule has 1 saturated carbocycles. The maximum Gasteiger partial charge on any atom is 0.272 e. The van der Waals surface area contributed by atoms with E-state index in [1.165, 1.54) is 19.3 Å². The van der Waals surface area contributed by atoms with Crippen molar-refractivity contribution in [1.29, 1.82) is 0 Å². The summed E-state index contributed by atoms with van der Waals surface area (Å²) in [5, 5.41) is 10.9. The van der Waals surface area contributed by atoms with Crippen LogP contribution in [0.15, 0.2) is 31.0 Å².